The molecule has 0 amide bonds. The van der Waals surface area contributed by atoms with Gasteiger partial charge in [-0.15, -0.1) is 0 Å². The summed E-state index contributed by atoms with van der Waals surface area (Å²) in [7, 11) is 0. The van der Waals surface area contributed by atoms with Crippen LogP contribution in [-0.4, -0.2) is 11.8 Å². The first kappa shape index (κ1) is 14.7. The Kier molecular flexibility index (Phi) is 6.79. The van der Waals surface area contributed by atoms with Gasteiger partial charge in [-0.1, -0.05) is 51.9 Å². The summed E-state index contributed by atoms with van der Waals surface area (Å²) in [6, 6.07) is -0.230. The monoisotopic (exact) mass is 239 g/mol. The van der Waals surface area contributed by atoms with Gasteiger partial charge in [0.05, 0.1) is 6.04 Å². The summed E-state index contributed by atoms with van der Waals surface area (Å²) in [5.41, 5.74) is 5.75. The highest BCUT2D eigenvalue weighted by Gasteiger charge is 2.15. The number of ketones is 1. The van der Waals surface area contributed by atoms with E-state index in [4.69, 9.17) is 5.73 Å². The average molecular weight is 239 g/mol. The Morgan fingerprint density at radius 3 is 2.41 bits per heavy atom. The molecule has 17 heavy (non-hydrogen) atoms. The Balaban J connectivity index is 2.07. The molecule has 1 saturated carbocycles. The first-order valence-electron chi connectivity index (χ1n) is 7.35. The molecule has 1 aliphatic rings. The largest absolute Gasteiger partial charge is 0.322 e. The van der Waals surface area contributed by atoms with Crippen LogP contribution in [0.4, 0.5) is 0 Å². The molecule has 2 nitrogen and oxygen atoms in total. The molecule has 0 aromatic heterocycles. The van der Waals surface area contributed by atoms with Crippen molar-refractivity contribution in [2.24, 2.45) is 17.6 Å². The lowest BCUT2D eigenvalue weighted by atomic mass is 9.83. The van der Waals surface area contributed by atoms with Gasteiger partial charge in [-0.2, -0.15) is 0 Å². The van der Waals surface area contributed by atoms with Gasteiger partial charge < -0.3 is 5.73 Å². The SMILES string of the molecule is CC(=O)C(N)CCC(C)CCC1CCCCC1. The van der Waals surface area contributed by atoms with Crippen molar-refractivity contribution in [3.63, 3.8) is 0 Å². The summed E-state index contributed by atoms with van der Waals surface area (Å²) in [6.45, 7) is 3.90. The quantitative estimate of drug-likeness (QED) is 0.736. The Bertz CT molecular complexity index is 221. The lowest BCUT2D eigenvalue weighted by Crippen LogP contribution is -2.28. The zero-order chi connectivity index (χ0) is 12.7. The Labute approximate surface area is 106 Å². The van der Waals surface area contributed by atoms with E-state index in [1.54, 1.807) is 6.92 Å². The molecule has 1 fully saturated rings. The number of Topliss-reactive ketones (excluding diaryl/α,β-unsaturated/α-hetero) is 1. The first-order chi connectivity index (χ1) is 8.09. The maximum Gasteiger partial charge on any atom is 0.146 e. The highest BCUT2D eigenvalue weighted by molar-refractivity contribution is 5.80. The zero-order valence-electron chi connectivity index (χ0n) is 11.6. The molecule has 100 valence electrons. The van der Waals surface area contributed by atoms with Gasteiger partial charge in [0.25, 0.3) is 0 Å². The van der Waals surface area contributed by atoms with Gasteiger partial charge >= 0.3 is 0 Å². The third-order valence-corrected chi connectivity index (χ3v) is 4.29. The van der Waals surface area contributed by atoms with Gasteiger partial charge in [0, 0.05) is 0 Å². The van der Waals surface area contributed by atoms with E-state index in [0.29, 0.717) is 0 Å². The molecule has 0 aromatic carbocycles. The molecule has 0 radical (unpaired) electrons. The normalized spacial score (nSPS) is 21.1. The van der Waals surface area contributed by atoms with Crippen LogP contribution in [0, 0.1) is 11.8 Å². The van der Waals surface area contributed by atoms with Crippen LogP contribution in [0.2, 0.25) is 0 Å². The lowest BCUT2D eigenvalue weighted by molar-refractivity contribution is -0.118. The summed E-state index contributed by atoms with van der Waals surface area (Å²) < 4.78 is 0. The molecule has 0 saturated heterocycles. The van der Waals surface area contributed by atoms with E-state index < -0.39 is 0 Å². The predicted molar refractivity (Wildman–Crippen MR) is 72.9 cm³/mol. The van der Waals surface area contributed by atoms with Crippen molar-refractivity contribution in [3.05, 3.63) is 0 Å². The fourth-order valence-corrected chi connectivity index (χ4v) is 2.81. The summed E-state index contributed by atoms with van der Waals surface area (Å²) in [6.07, 6.45) is 11.9. The zero-order valence-corrected chi connectivity index (χ0v) is 11.6. The fourth-order valence-electron chi connectivity index (χ4n) is 2.81. The second kappa shape index (κ2) is 7.86. The molecule has 0 aromatic rings. The summed E-state index contributed by atoms with van der Waals surface area (Å²) in [4.78, 5) is 11.0. The van der Waals surface area contributed by atoms with Gasteiger partial charge in [-0.05, 0) is 31.6 Å². The van der Waals surface area contributed by atoms with Crippen LogP contribution >= 0.6 is 0 Å². The Hall–Kier alpha value is -0.370. The van der Waals surface area contributed by atoms with Crippen molar-refractivity contribution >= 4 is 5.78 Å². The first-order valence-corrected chi connectivity index (χ1v) is 7.35. The van der Waals surface area contributed by atoms with Crippen LogP contribution in [0.25, 0.3) is 0 Å². The van der Waals surface area contributed by atoms with Gasteiger partial charge in [0.1, 0.15) is 5.78 Å². The van der Waals surface area contributed by atoms with Crippen LogP contribution in [0.5, 0.6) is 0 Å². The molecule has 2 unspecified atom stereocenters. The summed E-state index contributed by atoms with van der Waals surface area (Å²) in [5, 5.41) is 0. The number of carbonyl (C=O) groups excluding carboxylic acids is 1. The number of hydrogen-bond acceptors (Lipinski definition) is 2. The van der Waals surface area contributed by atoms with Crippen molar-refractivity contribution in [2.75, 3.05) is 0 Å². The van der Waals surface area contributed by atoms with E-state index in [1.165, 1.54) is 44.9 Å². The average Bonchev–Trinajstić information content (AvgIpc) is 2.34. The molecule has 1 rings (SSSR count). The topological polar surface area (TPSA) is 43.1 Å². The molecular formula is C15H29NO. The van der Waals surface area contributed by atoms with Gasteiger partial charge in [0.15, 0.2) is 0 Å². The molecular weight excluding hydrogens is 210 g/mol. The molecule has 0 heterocycles. The van der Waals surface area contributed by atoms with E-state index in [2.05, 4.69) is 6.92 Å². The van der Waals surface area contributed by atoms with E-state index >= 15 is 0 Å². The van der Waals surface area contributed by atoms with Crippen molar-refractivity contribution < 1.29 is 4.79 Å². The highest BCUT2D eigenvalue weighted by Crippen LogP contribution is 2.29. The number of nitrogens with two attached hydrogens (primary N) is 1. The van der Waals surface area contributed by atoms with E-state index in [9.17, 15) is 4.79 Å². The van der Waals surface area contributed by atoms with Crippen molar-refractivity contribution in [3.8, 4) is 0 Å². The standard InChI is InChI=1S/C15H29NO/c1-12(9-11-15(16)13(2)17)8-10-14-6-4-3-5-7-14/h12,14-15H,3-11,16H2,1-2H3. The van der Waals surface area contributed by atoms with E-state index in [0.717, 1.165) is 24.7 Å². The Morgan fingerprint density at radius 1 is 1.18 bits per heavy atom. The molecule has 2 atom stereocenters. The van der Waals surface area contributed by atoms with Crippen molar-refractivity contribution in [1.29, 1.82) is 0 Å². The molecule has 0 aliphatic heterocycles. The third kappa shape index (κ3) is 6.21. The molecule has 2 heteroatoms. The van der Waals surface area contributed by atoms with Crippen LogP contribution in [-0.2, 0) is 4.79 Å². The molecule has 1 aliphatic carbocycles. The number of rotatable bonds is 7. The van der Waals surface area contributed by atoms with Crippen LogP contribution in [0.15, 0.2) is 0 Å². The van der Waals surface area contributed by atoms with Gasteiger partial charge in [-0.25, -0.2) is 0 Å². The molecule has 2 N–H and O–H groups in total. The van der Waals surface area contributed by atoms with Gasteiger partial charge in [-0.3, -0.25) is 4.79 Å². The minimum atomic E-state index is -0.230. The lowest BCUT2D eigenvalue weighted by Gasteiger charge is -2.23. The third-order valence-electron chi connectivity index (χ3n) is 4.29. The fraction of sp³-hybridized carbons (Fsp3) is 0.933. The van der Waals surface area contributed by atoms with E-state index in [1.807, 2.05) is 0 Å². The second-order valence-electron chi connectivity index (χ2n) is 5.98. The maximum atomic E-state index is 11.0. The molecule has 0 bridgehead atoms. The predicted octanol–water partition coefficient (Wildman–Crippen LogP) is 3.68. The van der Waals surface area contributed by atoms with E-state index in [-0.39, 0.29) is 11.8 Å². The maximum absolute atomic E-state index is 11.0. The minimum Gasteiger partial charge on any atom is -0.322 e. The van der Waals surface area contributed by atoms with Crippen molar-refractivity contribution in [1.82, 2.24) is 0 Å². The Morgan fingerprint density at radius 2 is 1.82 bits per heavy atom. The summed E-state index contributed by atoms with van der Waals surface area (Å²) >= 11 is 0. The minimum absolute atomic E-state index is 0.129. The molecule has 0 spiro atoms. The van der Waals surface area contributed by atoms with Gasteiger partial charge in [0.2, 0.25) is 0 Å². The van der Waals surface area contributed by atoms with Crippen molar-refractivity contribution in [2.45, 2.75) is 77.7 Å². The van der Waals surface area contributed by atoms with Crippen LogP contribution in [0.1, 0.15) is 71.6 Å². The smallest absolute Gasteiger partial charge is 0.146 e. The summed E-state index contributed by atoms with van der Waals surface area (Å²) in [5.74, 6) is 1.83. The highest BCUT2D eigenvalue weighted by atomic mass is 16.1. The number of hydrogen-bond donors (Lipinski definition) is 1. The van der Waals surface area contributed by atoms with Crippen LogP contribution in [0.3, 0.4) is 0 Å². The second-order valence-corrected chi connectivity index (χ2v) is 5.98. The van der Waals surface area contributed by atoms with Crippen LogP contribution < -0.4 is 5.73 Å². The number of carbonyl (C=O) groups is 1.